The Bertz CT molecular complexity index is 1370. The van der Waals surface area contributed by atoms with E-state index in [2.05, 4.69) is 48.2 Å². The number of hydrogen-bond donors (Lipinski definition) is 4. The van der Waals surface area contributed by atoms with Crippen LogP contribution in [0.2, 0.25) is 0 Å². The van der Waals surface area contributed by atoms with Crippen LogP contribution in [0.5, 0.6) is 0 Å². The molecule has 0 radical (unpaired) electrons. The average Bonchev–Trinajstić information content (AvgIpc) is 3.62. The molecule has 260 valence electrons. The van der Waals surface area contributed by atoms with Crippen molar-refractivity contribution in [2.75, 3.05) is 0 Å². The fourth-order valence-electron chi connectivity index (χ4n) is 14.1. The van der Waals surface area contributed by atoms with Crippen molar-refractivity contribution in [2.24, 2.45) is 68.5 Å². The molecule has 0 spiro atoms. The first-order chi connectivity index (χ1) is 23.2. The standard InChI is InChI=1S/2C21H29NO2/c2*1-3-20-11-9-17-16-8-6-15(22-24)13-14(16)5-7-18(17)19(20)10-12-21(20,23)4-2/h2*2,13,16-19,23-24H,3,5-12H2,1H3/b22-15+;22-15-/t2*16-,17+,18+,19-,20-,21-/m00/s1. The van der Waals surface area contributed by atoms with E-state index in [9.17, 15) is 10.2 Å². The Morgan fingerprint density at radius 1 is 0.604 bits per heavy atom. The first-order valence-electron chi connectivity index (χ1n) is 19.4. The van der Waals surface area contributed by atoms with Gasteiger partial charge in [-0.05, 0) is 175 Å². The topological polar surface area (TPSA) is 106 Å². The smallest absolute Gasteiger partial charge is 0.131 e. The van der Waals surface area contributed by atoms with E-state index in [0.717, 1.165) is 113 Å². The third kappa shape index (κ3) is 4.82. The molecular weight excluding hydrogens is 596 g/mol. The normalized spacial score (nSPS) is 48.9. The number of nitrogens with zero attached hydrogens (tertiary/aromatic N) is 2. The molecule has 0 heterocycles. The first kappa shape index (κ1) is 33.9. The van der Waals surface area contributed by atoms with Gasteiger partial charge in [-0.2, -0.15) is 0 Å². The summed E-state index contributed by atoms with van der Waals surface area (Å²) in [5, 5.41) is 47.3. The molecule has 6 fully saturated rings. The average molecular weight is 655 g/mol. The lowest BCUT2D eigenvalue weighted by atomic mass is 9.49. The van der Waals surface area contributed by atoms with E-state index < -0.39 is 11.2 Å². The second-order valence-corrected chi connectivity index (χ2v) is 17.0. The molecule has 8 aliphatic carbocycles. The zero-order valence-electron chi connectivity index (χ0n) is 29.3. The summed E-state index contributed by atoms with van der Waals surface area (Å²) in [4.78, 5) is 0. The first-order valence-corrected chi connectivity index (χ1v) is 19.4. The largest absolute Gasteiger partial charge is 0.411 e. The summed E-state index contributed by atoms with van der Waals surface area (Å²) in [5.74, 6) is 10.9. The number of fused-ring (bicyclic) bond motifs is 10. The Kier molecular flexibility index (Phi) is 8.95. The van der Waals surface area contributed by atoms with E-state index in [1.165, 1.54) is 36.8 Å². The van der Waals surface area contributed by atoms with Gasteiger partial charge in [-0.3, -0.25) is 0 Å². The number of terminal acetylenes is 2. The fraction of sp³-hybridized carbons (Fsp3) is 0.762. The van der Waals surface area contributed by atoms with Gasteiger partial charge < -0.3 is 20.6 Å². The maximum atomic E-state index is 11.1. The minimum Gasteiger partial charge on any atom is -0.411 e. The Hall–Kier alpha value is -2.54. The molecule has 0 saturated heterocycles. The van der Waals surface area contributed by atoms with Gasteiger partial charge in [-0.15, -0.1) is 12.8 Å². The maximum absolute atomic E-state index is 11.1. The monoisotopic (exact) mass is 654 g/mol. The van der Waals surface area contributed by atoms with Crippen LogP contribution in [-0.2, 0) is 0 Å². The van der Waals surface area contributed by atoms with Crippen molar-refractivity contribution < 1.29 is 20.6 Å². The third-order valence-electron chi connectivity index (χ3n) is 16.3. The quantitative estimate of drug-likeness (QED) is 0.137. The van der Waals surface area contributed by atoms with Crippen LogP contribution in [0.3, 0.4) is 0 Å². The molecule has 6 nitrogen and oxygen atoms in total. The molecule has 8 aliphatic rings. The molecule has 0 unspecified atom stereocenters. The van der Waals surface area contributed by atoms with Crippen LogP contribution < -0.4 is 0 Å². The van der Waals surface area contributed by atoms with Crippen LogP contribution in [-0.4, -0.2) is 43.3 Å². The highest BCUT2D eigenvalue weighted by Gasteiger charge is 2.64. The molecule has 8 rings (SSSR count). The van der Waals surface area contributed by atoms with Crippen molar-refractivity contribution in [3.8, 4) is 24.7 Å². The third-order valence-corrected chi connectivity index (χ3v) is 16.3. The van der Waals surface area contributed by atoms with Gasteiger partial charge in [0, 0.05) is 10.8 Å². The molecular formula is C42H58N2O4. The lowest BCUT2D eigenvalue weighted by Gasteiger charge is -2.56. The molecule has 0 bridgehead atoms. The van der Waals surface area contributed by atoms with Gasteiger partial charge in [-0.1, -0.05) is 47.1 Å². The number of rotatable bonds is 2. The number of oxime groups is 2. The van der Waals surface area contributed by atoms with Crippen LogP contribution in [0.1, 0.15) is 129 Å². The predicted molar refractivity (Wildman–Crippen MR) is 189 cm³/mol. The second kappa shape index (κ2) is 12.7. The van der Waals surface area contributed by atoms with E-state index >= 15 is 0 Å². The molecule has 48 heavy (non-hydrogen) atoms. The van der Waals surface area contributed by atoms with Crippen molar-refractivity contribution in [1.29, 1.82) is 0 Å². The lowest BCUT2D eigenvalue weighted by Crippen LogP contribution is -2.53. The van der Waals surface area contributed by atoms with Gasteiger partial charge in [-0.25, -0.2) is 0 Å². The van der Waals surface area contributed by atoms with E-state index in [1.807, 2.05) is 0 Å². The van der Waals surface area contributed by atoms with Gasteiger partial charge in [0.25, 0.3) is 0 Å². The number of aliphatic hydroxyl groups is 2. The minimum atomic E-state index is -0.892. The van der Waals surface area contributed by atoms with E-state index in [-0.39, 0.29) is 10.8 Å². The molecule has 0 aromatic heterocycles. The summed E-state index contributed by atoms with van der Waals surface area (Å²) in [7, 11) is 0. The van der Waals surface area contributed by atoms with E-state index in [4.69, 9.17) is 23.3 Å². The Labute approximate surface area is 288 Å². The molecule has 0 aromatic rings. The SMILES string of the molecule is C#C[C@]1(O)CC[C@H]2[C@@H]3CCC4=C/C(=N/O)CC[C@@H]4[C@H]3CC[C@@]21CC.C#C[C@]1(O)CC[C@H]2[C@@H]3CCC4=C/C(=N\O)CC[C@@H]4[C@H]3CC[C@@]21CC. The van der Waals surface area contributed by atoms with Gasteiger partial charge >= 0.3 is 0 Å². The molecule has 6 saturated carbocycles. The maximum Gasteiger partial charge on any atom is 0.131 e. The molecule has 0 aliphatic heterocycles. The summed E-state index contributed by atoms with van der Waals surface area (Å²) < 4.78 is 0. The lowest BCUT2D eigenvalue weighted by molar-refractivity contribution is -0.0990. The van der Waals surface area contributed by atoms with E-state index in [0.29, 0.717) is 35.5 Å². The van der Waals surface area contributed by atoms with E-state index in [1.54, 1.807) is 0 Å². The van der Waals surface area contributed by atoms with Gasteiger partial charge in [0.2, 0.25) is 0 Å². The van der Waals surface area contributed by atoms with Crippen molar-refractivity contribution in [3.05, 3.63) is 23.3 Å². The predicted octanol–water partition coefficient (Wildman–Crippen LogP) is 8.29. The fourth-order valence-corrected chi connectivity index (χ4v) is 14.1. The van der Waals surface area contributed by atoms with Crippen LogP contribution in [0.25, 0.3) is 0 Å². The van der Waals surface area contributed by atoms with Crippen molar-refractivity contribution >= 4 is 11.4 Å². The summed E-state index contributed by atoms with van der Waals surface area (Å²) >= 11 is 0. The highest BCUT2D eigenvalue weighted by molar-refractivity contribution is 5.96. The Balaban J connectivity index is 0.000000152. The van der Waals surface area contributed by atoms with Crippen molar-refractivity contribution in [1.82, 2.24) is 0 Å². The summed E-state index contributed by atoms with van der Waals surface area (Å²) in [5.41, 5.74) is 2.80. The highest BCUT2D eigenvalue weighted by Crippen LogP contribution is 2.67. The van der Waals surface area contributed by atoms with Crippen LogP contribution in [0, 0.1) is 82.9 Å². The van der Waals surface area contributed by atoms with Crippen LogP contribution in [0.4, 0.5) is 0 Å². The van der Waals surface area contributed by atoms with Gasteiger partial charge in [0.1, 0.15) is 11.2 Å². The van der Waals surface area contributed by atoms with Crippen molar-refractivity contribution in [2.45, 2.75) is 141 Å². The Morgan fingerprint density at radius 2 is 1.02 bits per heavy atom. The summed E-state index contributed by atoms with van der Waals surface area (Å²) in [6.45, 7) is 4.44. The second-order valence-electron chi connectivity index (χ2n) is 17.0. The van der Waals surface area contributed by atoms with Crippen LogP contribution in [0.15, 0.2) is 33.6 Å². The molecule has 0 amide bonds. The van der Waals surface area contributed by atoms with Gasteiger partial charge in [0.15, 0.2) is 0 Å². The summed E-state index contributed by atoms with van der Waals surface area (Å²) in [6.07, 6.45) is 34.8. The zero-order chi connectivity index (χ0) is 33.9. The van der Waals surface area contributed by atoms with Gasteiger partial charge in [0.05, 0.1) is 11.4 Å². The number of allylic oxidation sites excluding steroid dienone is 4. The van der Waals surface area contributed by atoms with Crippen LogP contribution >= 0.6 is 0 Å². The molecule has 4 N–H and O–H groups in total. The minimum absolute atomic E-state index is 0.0590. The molecule has 6 heteroatoms. The molecule has 0 aromatic carbocycles. The number of hydrogen-bond acceptors (Lipinski definition) is 6. The highest BCUT2D eigenvalue weighted by atomic mass is 16.4. The van der Waals surface area contributed by atoms with Crippen molar-refractivity contribution in [3.63, 3.8) is 0 Å². The summed E-state index contributed by atoms with van der Waals surface area (Å²) in [6, 6.07) is 0. The Morgan fingerprint density at radius 3 is 1.38 bits per heavy atom. The zero-order valence-corrected chi connectivity index (χ0v) is 29.3. The molecule has 12 atom stereocenters.